The number of benzene rings is 1. The minimum atomic E-state index is -0.209. The molecule has 1 aliphatic heterocycles. The second-order valence-corrected chi connectivity index (χ2v) is 5.24. The van der Waals surface area contributed by atoms with Gasteiger partial charge in [0, 0.05) is 0 Å². The van der Waals surface area contributed by atoms with Crippen LogP contribution in [0.5, 0.6) is 5.75 Å². The van der Waals surface area contributed by atoms with Gasteiger partial charge in [-0.25, -0.2) is 4.98 Å². The van der Waals surface area contributed by atoms with Gasteiger partial charge < -0.3 is 15.8 Å². The number of nitrogens with zero attached hydrogens (tertiary/aromatic N) is 1. The van der Waals surface area contributed by atoms with Crippen LogP contribution in [0, 0.1) is 12.8 Å². The number of rotatable bonds is 2. The molecule has 108 valence electrons. The Hall–Kier alpha value is -2.56. The summed E-state index contributed by atoms with van der Waals surface area (Å²) in [5.74, 6) is 1.09. The Labute approximate surface area is 123 Å². The minimum Gasteiger partial charge on any atom is -0.492 e. The minimum absolute atomic E-state index is 0.0822. The average Bonchev–Trinajstić information content (AvgIpc) is 2.50. The summed E-state index contributed by atoms with van der Waals surface area (Å²) in [6, 6.07) is 9.56. The molecule has 5 heteroatoms. The third-order valence-electron chi connectivity index (χ3n) is 3.65. The molecule has 1 aromatic carbocycles. The van der Waals surface area contributed by atoms with Crippen molar-refractivity contribution in [3.63, 3.8) is 0 Å². The molecule has 3 N–H and O–H groups in total. The Balaban J connectivity index is 1.70. The van der Waals surface area contributed by atoms with Gasteiger partial charge in [-0.1, -0.05) is 18.2 Å². The van der Waals surface area contributed by atoms with E-state index in [4.69, 9.17) is 10.5 Å². The zero-order valence-electron chi connectivity index (χ0n) is 11.8. The molecule has 1 aromatic heterocycles. The lowest BCUT2D eigenvalue weighted by Gasteiger charge is -2.24. The standard InChI is InChI=1S/C16H17N3O2/c1-10-6-15(18-8-13(10)17)19-16(20)12-7-11-4-2-3-5-14(11)21-9-12/h2-6,8,12H,7,9,17H2,1H3,(H,18,19,20). The van der Waals surface area contributed by atoms with Gasteiger partial charge in [0.25, 0.3) is 0 Å². The first-order valence-electron chi connectivity index (χ1n) is 6.87. The Morgan fingerprint density at radius 3 is 3.05 bits per heavy atom. The van der Waals surface area contributed by atoms with Crippen LogP contribution in [0.2, 0.25) is 0 Å². The molecule has 0 radical (unpaired) electrons. The maximum Gasteiger partial charge on any atom is 0.232 e. The van der Waals surface area contributed by atoms with E-state index >= 15 is 0 Å². The van der Waals surface area contributed by atoms with Crippen molar-refractivity contribution in [1.82, 2.24) is 4.98 Å². The van der Waals surface area contributed by atoms with E-state index < -0.39 is 0 Å². The van der Waals surface area contributed by atoms with Gasteiger partial charge in [0.15, 0.2) is 0 Å². The number of nitrogens with one attached hydrogen (secondary N) is 1. The van der Waals surface area contributed by atoms with E-state index in [1.54, 1.807) is 12.3 Å². The Bertz CT molecular complexity index is 685. The van der Waals surface area contributed by atoms with Crippen LogP contribution in [-0.4, -0.2) is 17.5 Å². The molecule has 1 aliphatic rings. The summed E-state index contributed by atoms with van der Waals surface area (Å²) in [7, 11) is 0. The topological polar surface area (TPSA) is 77.2 Å². The van der Waals surface area contributed by atoms with Gasteiger partial charge in [0.1, 0.15) is 18.2 Å². The highest BCUT2D eigenvalue weighted by Crippen LogP contribution is 2.27. The molecule has 3 rings (SSSR count). The van der Waals surface area contributed by atoms with Crippen molar-refractivity contribution < 1.29 is 9.53 Å². The van der Waals surface area contributed by atoms with Crippen molar-refractivity contribution >= 4 is 17.4 Å². The lowest BCUT2D eigenvalue weighted by atomic mass is 9.96. The number of hydrogen-bond acceptors (Lipinski definition) is 4. The molecule has 0 aliphatic carbocycles. The van der Waals surface area contributed by atoms with E-state index in [9.17, 15) is 4.79 Å². The number of pyridine rings is 1. The van der Waals surface area contributed by atoms with E-state index in [2.05, 4.69) is 10.3 Å². The van der Waals surface area contributed by atoms with Crippen LogP contribution in [0.25, 0.3) is 0 Å². The van der Waals surface area contributed by atoms with Crippen LogP contribution in [0.1, 0.15) is 11.1 Å². The maximum absolute atomic E-state index is 12.3. The monoisotopic (exact) mass is 283 g/mol. The van der Waals surface area contributed by atoms with Gasteiger partial charge in [-0.2, -0.15) is 0 Å². The van der Waals surface area contributed by atoms with E-state index in [0.717, 1.165) is 16.9 Å². The fraction of sp³-hybridized carbons (Fsp3) is 0.250. The van der Waals surface area contributed by atoms with Crippen molar-refractivity contribution in [2.45, 2.75) is 13.3 Å². The second-order valence-electron chi connectivity index (χ2n) is 5.24. The molecule has 0 saturated carbocycles. The van der Waals surface area contributed by atoms with E-state index in [0.29, 0.717) is 24.5 Å². The van der Waals surface area contributed by atoms with Crippen LogP contribution in [0.3, 0.4) is 0 Å². The number of aromatic nitrogens is 1. The van der Waals surface area contributed by atoms with Gasteiger partial charge in [-0.05, 0) is 36.6 Å². The number of nitrogens with two attached hydrogens (primary N) is 1. The SMILES string of the molecule is Cc1cc(NC(=O)C2COc3ccccc3C2)ncc1N. The molecule has 1 unspecified atom stereocenters. The summed E-state index contributed by atoms with van der Waals surface area (Å²) in [6.07, 6.45) is 2.23. The quantitative estimate of drug-likeness (QED) is 0.885. The number of ether oxygens (including phenoxy) is 1. The zero-order valence-corrected chi connectivity index (χ0v) is 11.8. The summed E-state index contributed by atoms with van der Waals surface area (Å²) >= 11 is 0. The molecular weight excluding hydrogens is 266 g/mol. The normalized spacial score (nSPS) is 16.7. The highest BCUT2D eigenvalue weighted by atomic mass is 16.5. The number of carbonyl (C=O) groups excluding carboxylic acids is 1. The highest BCUT2D eigenvalue weighted by Gasteiger charge is 2.26. The first-order valence-corrected chi connectivity index (χ1v) is 6.87. The fourth-order valence-corrected chi connectivity index (χ4v) is 2.36. The maximum atomic E-state index is 12.3. The number of aryl methyl sites for hydroxylation is 1. The number of amides is 1. The Morgan fingerprint density at radius 2 is 2.24 bits per heavy atom. The highest BCUT2D eigenvalue weighted by molar-refractivity contribution is 5.92. The van der Waals surface area contributed by atoms with Crippen molar-refractivity contribution in [2.24, 2.45) is 5.92 Å². The largest absolute Gasteiger partial charge is 0.492 e. The summed E-state index contributed by atoms with van der Waals surface area (Å²) in [5.41, 5.74) is 8.29. The average molecular weight is 283 g/mol. The van der Waals surface area contributed by atoms with Crippen LogP contribution < -0.4 is 15.8 Å². The Kier molecular flexibility index (Phi) is 3.48. The van der Waals surface area contributed by atoms with Gasteiger partial charge in [0.05, 0.1) is 17.8 Å². The third kappa shape index (κ3) is 2.81. The molecule has 0 fully saturated rings. The second kappa shape index (κ2) is 5.44. The van der Waals surface area contributed by atoms with Gasteiger partial charge in [-0.15, -0.1) is 0 Å². The predicted molar refractivity (Wildman–Crippen MR) is 81.1 cm³/mol. The number of carbonyl (C=O) groups is 1. The molecule has 5 nitrogen and oxygen atoms in total. The predicted octanol–water partition coefficient (Wildman–Crippen LogP) is 2.16. The molecule has 2 heterocycles. The lowest BCUT2D eigenvalue weighted by Crippen LogP contribution is -2.32. The molecule has 21 heavy (non-hydrogen) atoms. The van der Waals surface area contributed by atoms with Crippen LogP contribution >= 0.6 is 0 Å². The number of para-hydroxylation sites is 1. The van der Waals surface area contributed by atoms with Gasteiger partial charge in [-0.3, -0.25) is 4.79 Å². The van der Waals surface area contributed by atoms with Crippen LogP contribution in [-0.2, 0) is 11.2 Å². The number of hydrogen-bond donors (Lipinski definition) is 2. The number of fused-ring (bicyclic) bond motifs is 1. The summed E-state index contributed by atoms with van der Waals surface area (Å²) in [5, 5.41) is 2.82. The lowest BCUT2D eigenvalue weighted by molar-refractivity contribution is -0.121. The molecule has 2 aromatic rings. The van der Waals surface area contributed by atoms with Gasteiger partial charge >= 0.3 is 0 Å². The fourth-order valence-electron chi connectivity index (χ4n) is 2.36. The summed E-state index contributed by atoms with van der Waals surface area (Å²) < 4.78 is 5.64. The first-order chi connectivity index (χ1) is 10.1. The number of nitrogen functional groups attached to an aromatic ring is 1. The van der Waals surface area contributed by atoms with Crippen LogP contribution in [0.4, 0.5) is 11.5 Å². The van der Waals surface area contributed by atoms with E-state index in [1.165, 1.54) is 0 Å². The van der Waals surface area contributed by atoms with Gasteiger partial charge in [0.2, 0.25) is 5.91 Å². The summed E-state index contributed by atoms with van der Waals surface area (Å²) in [6.45, 7) is 2.27. The van der Waals surface area contributed by atoms with Crippen LogP contribution in [0.15, 0.2) is 36.5 Å². The van der Waals surface area contributed by atoms with Crippen molar-refractivity contribution in [3.8, 4) is 5.75 Å². The Morgan fingerprint density at radius 1 is 1.43 bits per heavy atom. The molecule has 1 amide bonds. The molecule has 0 spiro atoms. The third-order valence-corrected chi connectivity index (χ3v) is 3.65. The molecular formula is C16H17N3O2. The zero-order chi connectivity index (χ0) is 14.8. The van der Waals surface area contributed by atoms with Crippen molar-refractivity contribution in [3.05, 3.63) is 47.7 Å². The van der Waals surface area contributed by atoms with Crippen molar-refractivity contribution in [1.29, 1.82) is 0 Å². The number of anilines is 2. The summed E-state index contributed by atoms with van der Waals surface area (Å²) in [4.78, 5) is 16.4. The molecule has 0 saturated heterocycles. The van der Waals surface area contributed by atoms with E-state index in [-0.39, 0.29) is 11.8 Å². The smallest absolute Gasteiger partial charge is 0.232 e. The van der Waals surface area contributed by atoms with Crippen molar-refractivity contribution in [2.75, 3.05) is 17.7 Å². The molecule has 0 bridgehead atoms. The molecule has 1 atom stereocenters. The van der Waals surface area contributed by atoms with E-state index in [1.807, 2.05) is 31.2 Å². The first kappa shape index (κ1) is 13.4.